The summed E-state index contributed by atoms with van der Waals surface area (Å²) in [7, 11) is 0. The van der Waals surface area contributed by atoms with Crippen LogP contribution in [0.4, 0.5) is 0 Å². The summed E-state index contributed by atoms with van der Waals surface area (Å²) in [6, 6.07) is 10.3. The van der Waals surface area contributed by atoms with E-state index in [1.807, 2.05) is 30.0 Å². The molecular formula is C17H21N3O2. The molecule has 1 amide bonds. The quantitative estimate of drug-likeness (QED) is 0.851. The maximum Gasteiger partial charge on any atom is 0.231 e. The minimum atomic E-state index is 0.168. The van der Waals surface area contributed by atoms with Crippen molar-refractivity contribution < 1.29 is 9.32 Å². The van der Waals surface area contributed by atoms with Crippen molar-refractivity contribution in [3.8, 4) is 0 Å². The van der Waals surface area contributed by atoms with Crippen LogP contribution >= 0.6 is 0 Å². The van der Waals surface area contributed by atoms with Gasteiger partial charge in [0.05, 0.1) is 5.92 Å². The highest BCUT2D eigenvalue weighted by atomic mass is 16.5. The van der Waals surface area contributed by atoms with Crippen LogP contribution in [-0.2, 0) is 17.6 Å². The van der Waals surface area contributed by atoms with Crippen molar-refractivity contribution in [3.05, 3.63) is 47.6 Å². The van der Waals surface area contributed by atoms with E-state index >= 15 is 0 Å². The largest absolute Gasteiger partial charge is 0.342 e. The standard InChI is InChI=1S/C17H21N3O2/c1-2-15-18-17(22-19-15)14-8-9-16(21)20(12-14)11-10-13-6-4-3-5-7-13/h3-7,14H,2,8-12H2,1H3/t14-/m1/s1. The van der Waals surface area contributed by atoms with Gasteiger partial charge >= 0.3 is 0 Å². The lowest BCUT2D eigenvalue weighted by Crippen LogP contribution is -2.40. The Labute approximate surface area is 130 Å². The van der Waals surface area contributed by atoms with Crippen LogP contribution in [0.2, 0.25) is 0 Å². The van der Waals surface area contributed by atoms with Crippen molar-refractivity contribution in [1.29, 1.82) is 0 Å². The molecule has 1 saturated heterocycles. The van der Waals surface area contributed by atoms with Gasteiger partial charge in [-0.15, -0.1) is 0 Å². The molecule has 0 unspecified atom stereocenters. The molecule has 22 heavy (non-hydrogen) atoms. The van der Waals surface area contributed by atoms with Crippen molar-refractivity contribution >= 4 is 5.91 Å². The summed E-state index contributed by atoms with van der Waals surface area (Å²) in [5.41, 5.74) is 1.25. The molecule has 5 nitrogen and oxygen atoms in total. The van der Waals surface area contributed by atoms with Gasteiger partial charge in [-0.25, -0.2) is 0 Å². The number of hydrogen-bond donors (Lipinski definition) is 0. The van der Waals surface area contributed by atoms with Gasteiger partial charge in [0.2, 0.25) is 11.8 Å². The molecule has 0 radical (unpaired) electrons. The van der Waals surface area contributed by atoms with E-state index in [-0.39, 0.29) is 11.8 Å². The topological polar surface area (TPSA) is 59.2 Å². The molecule has 1 aliphatic heterocycles. The zero-order chi connectivity index (χ0) is 15.4. The molecular weight excluding hydrogens is 278 g/mol. The lowest BCUT2D eigenvalue weighted by atomic mass is 9.97. The van der Waals surface area contributed by atoms with Crippen molar-refractivity contribution in [3.63, 3.8) is 0 Å². The van der Waals surface area contributed by atoms with Gasteiger partial charge in [0.15, 0.2) is 5.82 Å². The predicted octanol–water partition coefficient (Wildman–Crippen LogP) is 2.58. The zero-order valence-corrected chi connectivity index (χ0v) is 12.9. The first-order valence-electron chi connectivity index (χ1n) is 7.90. The third-order valence-electron chi connectivity index (χ3n) is 4.16. The SMILES string of the molecule is CCc1noc([C@@H]2CCC(=O)N(CCc3ccccc3)C2)n1. The molecule has 0 saturated carbocycles. The van der Waals surface area contributed by atoms with Gasteiger partial charge in [0, 0.05) is 25.9 Å². The van der Waals surface area contributed by atoms with Crippen LogP contribution in [0, 0.1) is 0 Å². The van der Waals surface area contributed by atoms with Crippen molar-refractivity contribution in [2.24, 2.45) is 0 Å². The van der Waals surface area contributed by atoms with E-state index in [0.29, 0.717) is 18.9 Å². The normalized spacial score (nSPS) is 18.7. The number of aryl methyl sites for hydroxylation is 1. The Morgan fingerprint density at radius 2 is 2.14 bits per heavy atom. The third-order valence-corrected chi connectivity index (χ3v) is 4.16. The van der Waals surface area contributed by atoms with E-state index < -0.39 is 0 Å². The van der Waals surface area contributed by atoms with Crippen LogP contribution in [0.15, 0.2) is 34.9 Å². The smallest absolute Gasteiger partial charge is 0.231 e. The number of nitrogens with zero attached hydrogens (tertiary/aromatic N) is 3. The second-order valence-corrected chi connectivity index (χ2v) is 5.71. The number of rotatable bonds is 5. The average molecular weight is 299 g/mol. The summed E-state index contributed by atoms with van der Waals surface area (Å²) in [6.07, 6.45) is 3.01. The number of carbonyl (C=O) groups excluding carboxylic acids is 1. The molecule has 2 heterocycles. The summed E-state index contributed by atoms with van der Waals surface area (Å²) >= 11 is 0. The Bertz CT molecular complexity index is 624. The Hall–Kier alpha value is -2.17. The Kier molecular flexibility index (Phi) is 4.51. The van der Waals surface area contributed by atoms with Crippen molar-refractivity contribution in [1.82, 2.24) is 15.0 Å². The maximum absolute atomic E-state index is 12.1. The van der Waals surface area contributed by atoms with Crippen LogP contribution in [0.5, 0.6) is 0 Å². The first-order chi connectivity index (χ1) is 10.8. The van der Waals surface area contributed by atoms with Crippen molar-refractivity contribution in [2.75, 3.05) is 13.1 Å². The molecule has 2 aromatic rings. The van der Waals surface area contributed by atoms with Gasteiger partial charge in [-0.2, -0.15) is 4.98 Å². The minimum Gasteiger partial charge on any atom is -0.342 e. The molecule has 0 N–H and O–H groups in total. The number of amides is 1. The molecule has 1 atom stereocenters. The first-order valence-corrected chi connectivity index (χ1v) is 7.90. The van der Waals surface area contributed by atoms with Crippen LogP contribution in [0.1, 0.15) is 43.0 Å². The fourth-order valence-corrected chi connectivity index (χ4v) is 2.82. The second-order valence-electron chi connectivity index (χ2n) is 5.71. The summed E-state index contributed by atoms with van der Waals surface area (Å²) in [4.78, 5) is 18.5. The highest BCUT2D eigenvalue weighted by Gasteiger charge is 2.29. The molecule has 116 valence electrons. The molecule has 1 aromatic carbocycles. The molecule has 1 aromatic heterocycles. The number of carbonyl (C=O) groups is 1. The van der Waals surface area contributed by atoms with E-state index in [0.717, 1.165) is 31.6 Å². The van der Waals surface area contributed by atoms with Gasteiger partial charge in [-0.05, 0) is 18.4 Å². The van der Waals surface area contributed by atoms with E-state index in [2.05, 4.69) is 22.3 Å². The summed E-state index contributed by atoms with van der Waals surface area (Å²) in [5, 5.41) is 3.96. The summed E-state index contributed by atoms with van der Waals surface area (Å²) in [6.45, 7) is 3.43. The lowest BCUT2D eigenvalue weighted by molar-refractivity contribution is -0.133. The third kappa shape index (κ3) is 3.35. The van der Waals surface area contributed by atoms with Crippen LogP contribution in [0.25, 0.3) is 0 Å². The monoisotopic (exact) mass is 299 g/mol. The van der Waals surface area contributed by atoms with Gasteiger partial charge in [-0.1, -0.05) is 42.4 Å². The number of piperidine rings is 1. The van der Waals surface area contributed by atoms with Crippen LogP contribution in [-0.4, -0.2) is 34.0 Å². The molecule has 5 heteroatoms. The van der Waals surface area contributed by atoms with E-state index in [9.17, 15) is 4.79 Å². The fraction of sp³-hybridized carbons (Fsp3) is 0.471. The number of likely N-dealkylation sites (tertiary alicyclic amines) is 1. The van der Waals surface area contributed by atoms with E-state index in [1.165, 1.54) is 5.56 Å². The predicted molar refractivity (Wildman–Crippen MR) is 82.4 cm³/mol. The zero-order valence-electron chi connectivity index (χ0n) is 12.9. The highest BCUT2D eigenvalue weighted by Crippen LogP contribution is 2.26. The van der Waals surface area contributed by atoms with Crippen LogP contribution < -0.4 is 0 Å². The van der Waals surface area contributed by atoms with Crippen molar-refractivity contribution in [2.45, 2.75) is 38.5 Å². The second kappa shape index (κ2) is 6.73. The highest BCUT2D eigenvalue weighted by molar-refractivity contribution is 5.77. The van der Waals surface area contributed by atoms with E-state index in [4.69, 9.17) is 4.52 Å². The number of hydrogen-bond acceptors (Lipinski definition) is 4. The maximum atomic E-state index is 12.1. The van der Waals surface area contributed by atoms with Gasteiger partial charge in [0.1, 0.15) is 0 Å². The van der Waals surface area contributed by atoms with Gasteiger partial charge in [-0.3, -0.25) is 4.79 Å². The Balaban J connectivity index is 1.62. The molecule has 0 spiro atoms. The Morgan fingerprint density at radius 1 is 1.32 bits per heavy atom. The minimum absolute atomic E-state index is 0.168. The molecule has 1 aliphatic rings. The molecule has 3 rings (SSSR count). The first kappa shape index (κ1) is 14.8. The van der Waals surface area contributed by atoms with Crippen LogP contribution in [0.3, 0.4) is 0 Å². The number of benzene rings is 1. The summed E-state index contributed by atoms with van der Waals surface area (Å²) in [5.74, 6) is 1.81. The Morgan fingerprint density at radius 3 is 2.86 bits per heavy atom. The molecule has 1 fully saturated rings. The average Bonchev–Trinajstić information content (AvgIpc) is 3.04. The van der Waals surface area contributed by atoms with E-state index in [1.54, 1.807) is 0 Å². The van der Waals surface area contributed by atoms with Gasteiger partial charge < -0.3 is 9.42 Å². The lowest BCUT2D eigenvalue weighted by Gasteiger charge is -2.31. The number of aromatic nitrogens is 2. The molecule has 0 aliphatic carbocycles. The summed E-state index contributed by atoms with van der Waals surface area (Å²) < 4.78 is 5.34. The molecule has 0 bridgehead atoms. The fourth-order valence-electron chi connectivity index (χ4n) is 2.82. The van der Waals surface area contributed by atoms with Gasteiger partial charge in [0.25, 0.3) is 0 Å².